The highest BCUT2D eigenvalue weighted by Gasteiger charge is 2.46. The summed E-state index contributed by atoms with van der Waals surface area (Å²) in [6, 6.07) is 10.7. The first-order valence-electron chi connectivity index (χ1n) is 9.29. The molecule has 1 aromatic carbocycles. The van der Waals surface area contributed by atoms with Crippen LogP contribution in [0.15, 0.2) is 78.1 Å². The van der Waals surface area contributed by atoms with E-state index in [0.717, 1.165) is 12.8 Å². The van der Waals surface area contributed by atoms with Gasteiger partial charge in [0.05, 0.1) is 5.69 Å². The second kappa shape index (κ2) is 5.29. The van der Waals surface area contributed by atoms with Crippen LogP contribution in [-0.4, -0.2) is 4.98 Å². The molecule has 0 spiro atoms. The molecule has 25 heavy (non-hydrogen) atoms. The second-order valence-electron chi connectivity index (χ2n) is 8.03. The summed E-state index contributed by atoms with van der Waals surface area (Å²) in [6.45, 7) is 4.82. The number of aromatic nitrogens is 1. The van der Waals surface area contributed by atoms with Crippen molar-refractivity contribution in [3.8, 4) is 0 Å². The predicted octanol–water partition coefficient (Wildman–Crippen LogP) is 6.11. The fourth-order valence-electron chi connectivity index (χ4n) is 5.06. The molecule has 0 N–H and O–H groups in total. The van der Waals surface area contributed by atoms with Crippen LogP contribution < -0.4 is 0 Å². The second-order valence-corrected chi connectivity index (χ2v) is 8.03. The Morgan fingerprint density at radius 3 is 2.76 bits per heavy atom. The van der Waals surface area contributed by atoms with E-state index in [2.05, 4.69) is 74.6 Å². The molecule has 0 fully saturated rings. The van der Waals surface area contributed by atoms with Crippen LogP contribution in [0.2, 0.25) is 0 Å². The molecular formula is C24H23N. The molecule has 2 unspecified atom stereocenters. The minimum atomic E-state index is 0.192. The SMILES string of the molecule is CC1(C)C2=C(CCC(c3nccc4ccccc34)=C2)C2C=CC=CC21. The molecule has 0 saturated heterocycles. The van der Waals surface area contributed by atoms with Gasteiger partial charge in [-0.2, -0.15) is 0 Å². The summed E-state index contributed by atoms with van der Waals surface area (Å²) in [5.74, 6) is 1.19. The molecule has 3 aliphatic carbocycles. The van der Waals surface area contributed by atoms with Crippen LogP contribution in [0.5, 0.6) is 0 Å². The van der Waals surface area contributed by atoms with E-state index in [4.69, 9.17) is 4.98 Å². The van der Waals surface area contributed by atoms with Gasteiger partial charge in [-0.25, -0.2) is 0 Å². The number of hydrogen-bond acceptors (Lipinski definition) is 1. The predicted molar refractivity (Wildman–Crippen MR) is 105 cm³/mol. The van der Waals surface area contributed by atoms with E-state index in [-0.39, 0.29) is 5.41 Å². The van der Waals surface area contributed by atoms with E-state index < -0.39 is 0 Å². The Balaban J connectivity index is 1.66. The van der Waals surface area contributed by atoms with E-state index in [1.807, 2.05) is 6.20 Å². The highest BCUT2D eigenvalue weighted by Crippen LogP contribution is 2.56. The summed E-state index contributed by atoms with van der Waals surface area (Å²) < 4.78 is 0. The van der Waals surface area contributed by atoms with Crippen molar-refractivity contribution in [2.75, 3.05) is 0 Å². The van der Waals surface area contributed by atoms with Crippen LogP contribution in [0.25, 0.3) is 16.3 Å². The molecule has 0 radical (unpaired) electrons. The zero-order valence-electron chi connectivity index (χ0n) is 14.9. The summed E-state index contributed by atoms with van der Waals surface area (Å²) in [5, 5.41) is 2.55. The van der Waals surface area contributed by atoms with Crippen molar-refractivity contribution in [2.45, 2.75) is 26.7 Å². The van der Waals surface area contributed by atoms with Crippen molar-refractivity contribution < 1.29 is 0 Å². The van der Waals surface area contributed by atoms with Gasteiger partial charge in [-0.3, -0.25) is 4.98 Å². The van der Waals surface area contributed by atoms with Crippen LogP contribution in [-0.2, 0) is 0 Å². The lowest BCUT2D eigenvalue weighted by Gasteiger charge is -2.31. The molecule has 0 amide bonds. The van der Waals surface area contributed by atoms with Crippen molar-refractivity contribution in [3.05, 3.63) is 83.7 Å². The highest BCUT2D eigenvalue weighted by molar-refractivity contribution is 5.92. The molecule has 5 rings (SSSR count). The van der Waals surface area contributed by atoms with Gasteiger partial charge in [-0.1, -0.05) is 74.1 Å². The lowest BCUT2D eigenvalue weighted by Crippen LogP contribution is -2.23. The third-order valence-electron chi connectivity index (χ3n) is 6.37. The fourth-order valence-corrected chi connectivity index (χ4v) is 5.06. The smallest absolute Gasteiger partial charge is 0.0740 e. The topological polar surface area (TPSA) is 12.9 Å². The van der Waals surface area contributed by atoms with Crippen LogP contribution in [0.4, 0.5) is 0 Å². The van der Waals surface area contributed by atoms with Gasteiger partial charge in [0.2, 0.25) is 0 Å². The molecule has 0 bridgehead atoms. The number of fused-ring (bicyclic) bond motifs is 3. The van der Waals surface area contributed by atoms with Gasteiger partial charge in [0, 0.05) is 17.5 Å². The third-order valence-corrected chi connectivity index (χ3v) is 6.37. The van der Waals surface area contributed by atoms with Gasteiger partial charge in [0.1, 0.15) is 0 Å². The maximum atomic E-state index is 4.76. The van der Waals surface area contributed by atoms with Gasteiger partial charge < -0.3 is 0 Å². The van der Waals surface area contributed by atoms with Crippen LogP contribution in [0.1, 0.15) is 32.4 Å². The molecule has 0 aliphatic heterocycles. The lowest BCUT2D eigenvalue weighted by atomic mass is 9.73. The quantitative estimate of drug-likeness (QED) is 0.616. The minimum absolute atomic E-state index is 0.192. The summed E-state index contributed by atoms with van der Waals surface area (Å²) in [5.41, 5.74) is 5.96. The normalized spacial score (nSPS) is 26.6. The van der Waals surface area contributed by atoms with Crippen LogP contribution in [0.3, 0.4) is 0 Å². The first-order chi connectivity index (χ1) is 12.2. The van der Waals surface area contributed by atoms with Crippen LogP contribution in [0, 0.1) is 17.3 Å². The summed E-state index contributed by atoms with van der Waals surface area (Å²) in [7, 11) is 0. The summed E-state index contributed by atoms with van der Waals surface area (Å²) in [4.78, 5) is 4.76. The van der Waals surface area contributed by atoms with Crippen molar-refractivity contribution in [1.29, 1.82) is 0 Å². The number of benzene rings is 1. The van der Waals surface area contributed by atoms with E-state index >= 15 is 0 Å². The van der Waals surface area contributed by atoms with Crippen LogP contribution >= 0.6 is 0 Å². The minimum Gasteiger partial charge on any atom is -0.256 e. The maximum Gasteiger partial charge on any atom is 0.0740 e. The molecule has 3 aliphatic rings. The summed E-state index contributed by atoms with van der Waals surface area (Å²) in [6.07, 6.45) is 15.9. The monoisotopic (exact) mass is 325 g/mol. The van der Waals surface area contributed by atoms with E-state index in [9.17, 15) is 0 Å². The molecule has 2 aromatic rings. The van der Waals surface area contributed by atoms with E-state index in [1.54, 1.807) is 11.1 Å². The van der Waals surface area contributed by atoms with E-state index in [1.165, 1.54) is 22.0 Å². The Labute approximate surface area is 149 Å². The average Bonchev–Trinajstić information content (AvgIpc) is 2.89. The number of hydrogen-bond donors (Lipinski definition) is 0. The van der Waals surface area contributed by atoms with Gasteiger partial charge >= 0.3 is 0 Å². The largest absolute Gasteiger partial charge is 0.256 e. The first kappa shape index (κ1) is 14.9. The van der Waals surface area contributed by atoms with Crippen molar-refractivity contribution in [3.63, 3.8) is 0 Å². The zero-order chi connectivity index (χ0) is 17.0. The average molecular weight is 325 g/mol. The zero-order valence-corrected chi connectivity index (χ0v) is 14.9. The molecule has 124 valence electrons. The molecule has 1 heteroatoms. The van der Waals surface area contributed by atoms with Crippen molar-refractivity contribution >= 4 is 16.3 Å². The van der Waals surface area contributed by atoms with Gasteiger partial charge in [0.15, 0.2) is 0 Å². The first-order valence-corrected chi connectivity index (χ1v) is 9.29. The molecule has 1 aromatic heterocycles. The van der Waals surface area contributed by atoms with Gasteiger partial charge in [-0.15, -0.1) is 0 Å². The molecule has 0 saturated carbocycles. The van der Waals surface area contributed by atoms with Gasteiger partial charge in [0.25, 0.3) is 0 Å². The number of rotatable bonds is 1. The Morgan fingerprint density at radius 2 is 1.84 bits per heavy atom. The Bertz CT molecular complexity index is 979. The molecule has 1 nitrogen and oxygen atoms in total. The molecular weight excluding hydrogens is 302 g/mol. The van der Waals surface area contributed by atoms with Gasteiger partial charge in [-0.05, 0) is 46.8 Å². The number of nitrogens with zero attached hydrogens (tertiary/aromatic N) is 1. The Kier molecular flexibility index (Phi) is 3.15. The highest BCUT2D eigenvalue weighted by atomic mass is 14.7. The van der Waals surface area contributed by atoms with E-state index in [0.29, 0.717) is 11.8 Å². The lowest BCUT2D eigenvalue weighted by molar-refractivity contribution is 0.320. The Hall–Kier alpha value is -2.41. The molecule has 2 atom stereocenters. The maximum absolute atomic E-state index is 4.76. The number of pyridine rings is 1. The third kappa shape index (κ3) is 2.12. The fraction of sp³-hybridized carbons (Fsp3) is 0.292. The summed E-state index contributed by atoms with van der Waals surface area (Å²) >= 11 is 0. The molecule has 1 heterocycles. The van der Waals surface area contributed by atoms with Crippen molar-refractivity contribution in [1.82, 2.24) is 4.98 Å². The number of allylic oxidation sites excluding steroid dienone is 8. The standard InChI is InChI=1S/C24H23N/c1-24(2)21-10-6-5-9-19(21)20-12-11-17(15-22(20)24)23-18-8-4-3-7-16(18)13-14-25-23/h3-10,13-15,19,21H,11-12H2,1-2H3. The Morgan fingerprint density at radius 1 is 1.00 bits per heavy atom. The van der Waals surface area contributed by atoms with Crippen molar-refractivity contribution in [2.24, 2.45) is 17.3 Å².